The van der Waals surface area contributed by atoms with Crippen molar-refractivity contribution in [1.29, 1.82) is 5.26 Å². The summed E-state index contributed by atoms with van der Waals surface area (Å²) in [6.45, 7) is 2.01. The molecule has 192 valence electrons. The topological polar surface area (TPSA) is 82.9 Å². The van der Waals surface area contributed by atoms with Crippen molar-refractivity contribution in [1.82, 2.24) is 4.90 Å². The molecule has 7 nitrogen and oxygen atoms in total. The fraction of sp³-hybridized carbons (Fsp3) is 0.172. The van der Waals surface area contributed by atoms with Gasteiger partial charge in [0, 0.05) is 5.56 Å². The van der Waals surface area contributed by atoms with E-state index in [0.717, 1.165) is 17.5 Å². The third kappa shape index (κ3) is 5.70. The summed E-state index contributed by atoms with van der Waals surface area (Å²) in [5.74, 6) is -0.472. The second kappa shape index (κ2) is 11.9. The van der Waals surface area contributed by atoms with Gasteiger partial charge in [-0.15, -0.1) is 0 Å². The maximum atomic E-state index is 13.5. The number of hydrogen-bond donors (Lipinski definition) is 0. The molecule has 9 heteroatoms. The molecule has 38 heavy (non-hydrogen) atoms. The third-order valence-corrected chi connectivity index (χ3v) is 6.73. The predicted octanol–water partition coefficient (Wildman–Crippen LogP) is 5.50. The van der Waals surface area contributed by atoms with Crippen LogP contribution in [0.25, 0.3) is 6.08 Å². The molecule has 0 spiro atoms. The zero-order valence-corrected chi connectivity index (χ0v) is 22.4. The highest BCUT2D eigenvalue weighted by Gasteiger charge is 2.40. The number of amides is 1. The van der Waals surface area contributed by atoms with Crippen molar-refractivity contribution in [3.63, 3.8) is 0 Å². The number of nitrogens with zero attached hydrogens (tertiary/aromatic N) is 3. The Labute approximate surface area is 231 Å². The van der Waals surface area contributed by atoms with Crippen molar-refractivity contribution in [3.8, 4) is 11.8 Å². The van der Waals surface area contributed by atoms with Gasteiger partial charge < -0.3 is 14.4 Å². The van der Waals surface area contributed by atoms with Crippen molar-refractivity contribution in [3.05, 3.63) is 99.7 Å². The van der Waals surface area contributed by atoms with Gasteiger partial charge in [0.2, 0.25) is 0 Å². The molecule has 1 aliphatic rings. The number of anilines is 1. The average molecular weight is 546 g/mol. The van der Waals surface area contributed by atoms with Gasteiger partial charge in [-0.1, -0.05) is 54.9 Å². The van der Waals surface area contributed by atoms with E-state index in [9.17, 15) is 14.9 Å². The molecule has 0 bridgehead atoms. The predicted molar refractivity (Wildman–Crippen MR) is 150 cm³/mol. The highest BCUT2D eigenvalue weighted by atomic mass is 35.5. The minimum absolute atomic E-state index is 0.176. The fourth-order valence-electron chi connectivity index (χ4n) is 3.93. The van der Waals surface area contributed by atoms with Gasteiger partial charge in [0.25, 0.3) is 5.91 Å². The van der Waals surface area contributed by atoms with Gasteiger partial charge in [0.1, 0.15) is 24.6 Å². The van der Waals surface area contributed by atoms with E-state index in [-0.39, 0.29) is 29.9 Å². The molecule has 3 aromatic carbocycles. The first-order valence-corrected chi connectivity index (χ1v) is 12.6. The molecule has 1 saturated heterocycles. The summed E-state index contributed by atoms with van der Waals surface area (Å²) < 4.78 is 10.7. The van der Waals surface area contributed by atoms with E-state index in [1.165, 1.54) is 16.9 Å². The van der Waals surface area contributed by atoms with Gasteiger partial charge in [-0.05, 0) is 66.2 Å². The molecule has 1 amide bonds. The summed E-state index contributed by atoms with van der Waals surface area (Å²) in [5.41, 5.74) is 3.83. The van der Waals surface area contributed by atoms with Crippen LogP contribution in [0.3, 0.4) is 0 Å². The molecule has 1 aliphatic heterocycles. The summed E-state index contributed by atoms with van der Waals surface area (Å²) in [5, 5.41) is 9.78. The van der Waals surface area contributed by atoms with E-state index in [1.54, 1.807) is 36.4 Å². The first-order valence-electron chi connectivity index (χ1n) is 11.8. The normalized spacial score (nSPS) is 14.1. The van der Waals surface area contributed by atoms with Gasteiger partial charge in [0.15, 0.2) is 5.11 Å². The number of aryl methyl sites for hydroxylation is 1. The van der Waals surface area contributed by atoms with Gasteiger partial charge in [-0.2, -0.15) is 5.26 Å². The molecular weight excluding hydrogens is 522 g/mol. The molecule has 4 rings (SSSR count). The van der Waals surface area contributed by atoms with Crippen LogP contribution in [0, 0.1) is 11.3 Å². The van der Waals surface area contributed by atoms with Crippen LogP contribution >= 0.6 is 23.8 Å². The number of rotatable bonds is 8. The minimum atomic E-state index is -0.534. The molecule has 0 radical (unpaired) electrons. The van der Waals surface area contributed by atoms with Gasteiger partial charge in [-0.3, -0.25) is 14.5 Å². The van der Waals surface area contributed by atoms with Crippen LogP contribution in [0.2, 0.25) is 5.02 Å². The third-order valence-electron chi connectivity index (χ3n) is 6.03. The number of halogens is 1. The fourth-order valence-corrected chi connectivity index (χ4v) is 4.52. The molecule has 1 heterocycles. The van der Waals surface area contributed by atoms with E-state index >= 15 is 0 Å². The molecule has 0 N–H and O–H groups in total. The summed E-state index contributed by atoms with van der Waals surface area (Å²) in [6, 6.07) is 21.9. The number of hydrogen-bond acceptors (Lipinski definition) is 6. The van der Waals surface area contributed by atoms with Crippen LogP contribution in [0.15, 0.2) is 72.4 Å². The van der Waals surface area contributed by atoms with E-state index in [2.05, 4.69) is 6.07 Å². The molecule has 0 atom stereocenters. The Morgan fingerprint density at radius 3 is 2.53 bits per heavy atom. The monoisotopic (exact) mass is 545 g/mol. The molecule has 0 saturated carbocycles. The Morgan fingerprint density at radius 2 is 1.87 bits per heavy atom. The van der Waals surface area contributed by atoms with Crippen LogP contribution in [0.1, 0.15) is 29.2 Å². The lowest BCUT2D eigenvalue weighted by molar-refractivity contribution is -0.140. The van der Waals surface area contributed by atoms with E-state index in [1.807, 2.05) is 43.3 Å². The second-order valence-electron chi connectivity index (χ2n) is 8.38. The number of methoxy groups -OCH3 is 1. The van der Waals surface area contributed by atoms with Crippen LogP contribution in [-0.2, 0) is 27.4 Å². The van der Waals surface area contributed by atoms with Crippen molar-refractivity contribution in [2.75, 3.05) is 18.6 Å². The van der Waals surface area contributed by atoms with Gasteiger partial charge >= 0.3 is 5.97 Å². The number of thiocarbonyl (C=S) groups is 1. The SMILES string of the molecule is CCc1ccc(N2C(=O)/C(=C/c3ccc(OCc4ccccc4C#N)c(Cl)c3)N(CC(=O)OC)C2=S)cc1. The van der Waals surface area contributed by atoms with Crippen molar-refractivity contribution in [2.45, 2.75) is 20.0 Å². The molecule has 3 aromatic rings. The number of nitriles is 1. The van der Waals surface area contributed by atoms with Crippen molar-refractivity contribution >= 4 is 52.6 Å². The zero-order chi connectivity index (χ0) is 27.2. The lowest BCUT2D eigenvalue weighted by Gasteiger charge is -2.19. The molecule has 0 aliphatic carbocycles. The first kappa shape index (κ1) is 26.9. The van der Waals surface area contributed by atoms with Crippen molar-refractivity contribution < 1.29 is 19.1 Å². The largest absolute Gasteiger partial charge is 0.487 e. The van der Waals surface area contributed by atoms with Gasteiger partial charge in [0.05, 0.1) is 29.5 Å². The number of carbonyl (C=O) groups excluding carboxylic acids is 2. The number of carbonyl (C=O) groups is 2. The van der Waals surface area contributed by atoms with Crippen LogP contribution in [0.5, 0.6) is 5.75 Å². The Balaban J connectivity index is 1.62. The number of benzene rings is 3. The number of esters is 1. The molecule has 0 aromatic heterocycles. The highest BCUT2D eigenvalue weighted by molar-refractivity contribution is 7.80. The Kier molecular flexibility index (Phi) is 8.41. The minimum Gasteiger partial charge on any atom is -0.487 e. The van der Waals surface area contributed by atoms with E-state index in [0.29, 0.717) is 27.6 Å². The van der Waals surface area contributed by atoms with E-state index < -0.39 is 5.97 Å². The lowest BCUT2D eigenvalue weighted by atomic mass is 10.1. The maximum absolute atomic E-state index is 13.5. The summed E-state index contributed by atoms with van der Waals surface area (Å²) >= 11 is 12.1. The van der Waals surface area contributed by atoms with E-state index in [4.69, 9.17) is 33.3 Å². The Hall–Kier alpha value is -4.19. The summed E-state index contributed by atoms with van der Waals surface area (Å²) in [6.07, 6.45) is 2.49. The van der Waals surface area contributed by atoms with Crippen LogP contribution in [0.4, 0.5) is 5.69 Å². The summed E-state index contributed by atoms with van der Waals surface area (Å²) in [4.78, 5) is 28.5. The number of ether oxygens (including phenoxy) is 2. The zero-order valence-electron chi connectivity index (χ0n) is 20.8. The highest BCUT2D eigenvalue weighted by Crippen LogP contribution is 2.32. The second-order valence-corrected chi connectivity index (χ2v) is 9.15. The molecule has 0 unspecified atom stereocenters. The van der Waals surface area contributed by atoms with Crippen molar-refractivity contribution in [2.24, 2.45) is 0 Å². The van der Waals surface area contributed by atoms with Crippen LogP contribution < -0.4 is 9.64 Å². The Morgan fingerprint density at radius 1 is 1.13 bits per heavy atom. The smallest absolute Gasteiger partial charge is 0.325 e. The average Bonchev–Trinajstić information content (AvgIpc) is 3.16. The standard InChI is InChI=1S/C29H24ClN3O4S/c1-3-19-8-11-23(12-9-19)33-28(35)25(32(29(33)38)17-27(34)36-2)15-20-10-13-26(24(30)14-20)37-18-22-7-5-4-6-21(22)16-31/h4-15H,3,17-18H2,1-2H3/b25-15-. The summed E-state index contributed by atoms with van der Waals surface area (Å²) in [7, 11) is 1.28. The maximum Gasteiger partial charge on any atom is 0.325 e. The Bertz CT molecular complexity index is 1460. The quantitative estimate of drug-likeness (QED) is 0.210. The van der Waals surface area contributed by atoms with Crippen LogP contribution in [-0.4, -0.2) is 35.5 Å². The first-order chi connectivity index (χ1) is 18.4. The molecule has 1 fully saturated rings. The van der Waals surface area contributed by atoms with Gasteiger partial charge in [-0.25, -0.2) is 0 Å². The lowest BCUT2D eigenvalue weighted by Crippen LogP contribution is -2.35. The molecular formula is C29H24ClN3O4S.